The van der Waals surface area contributed by atoms with Crippen molar-refractivity contribution in [2.45, 2.75) is 6.61 Å². The summed E-state index contributed by atoms with van der Waals surface area (Å²) in [4.78, 5) is 4.61. The van der Waals surface area contributed by atoms with Crippen molar-refractivity contribution < 1.29 is 18.6 Å². The second kappa shape index (κ2) is 8.10. The molecule has 0 saturated heterocycles. The van der Waals surface area contributed by atoms with Crippen LogP contribution in [0.5, 0.6) is 17.6 Å². The van der Waals surface area contributed by atoms with E-state index in [0.29, 0.717) is 17.4 Å². The van der Waals surface area contributed by atoms with Crippen LogP contribution in [0.3, 0.4) is 0 Å². The number of aromatic nitrogens is 3. The van der Waals surface area contributed by atoms with Crippen LogP contribution in [-0.4, -0.2) is 29.4 Å². The zero-order chi connectivity index (χ0) is 19.3. The highest BCUT2D eigenvalue weighted by atomic mass is 32.1. The molecule has 0 bridgehead atoms. The highest BCUT2D eigenvalue weighted by Gasteiger charge is 2.15. The van der Waals surface area contributed by atoms with E-state index < -0.39 is 0 Å². The first-order chi connectivity index (χ1) is 13.8. The lowest BCUT2D eigenvalue weighted by Gasteiger charge is -2.10. The van der Waals surface area contributed by atoms with Crippen LogP contribution >= 0.6 is 11.3 Å². The van der Waals surface area contributed by atoms with Crippen LogP contribution in [0.4, 0.5) is 0 Å². The maximum atomic E-state index is 5.59. The predicted octanol–water partition coefficient (Wildman–Crippen LogP) is 4.46. The molecular formula is C20H17N3O4S. The van der Waals surface area contributed by atoms with Crippen molar-refractivity contribution in [2.24, 2.45) is 0 Å². The Balaban J connectivity index is 1.47. The fraction of sp³-hybridized carbons (Fsp3) is 0.150. The summed E-state index contributed by atoms with van der Waals surface area (Å²) < 4.78 is 22.0. The highest BCUT2D eigenvalue weighted by molar-refractivity contribution is 7.13. The molecule has 0 atom stereocenters. The van der Waals surface area contributed by atoms with Gasteiger partial charge in [-0.05, 0) is 24.3 Å². The SMILES string of the molecule is COc1cccc(-c2nc(COc3nnc(-c4ccccc4)o3)cs2)c1OC. The molecule has 0 aliphatic carbocycles. The van der Waals surface area contributed by atoms with E-state index in [1.165, 1.54) is 11.3 Å². The third kappa shape index (κ3) is 3.67. The number of nitrogens with zero attached hydrogens (tertiary/aromatic N) is 3. The molecule has 0 fully saturated rings. The normalized spacial score (nSPS) is 10.6. The first kappa shape index (κ1) is 18.0. The molecule has 2 aromatic heterocycles. The smallest absolute Gasteiger partial charge is 0.415 e. The minimum Gasteiger partial charge on any atom is -0.493 e. The Hall–Kier alpha value is -3.39. The van der Waals surface area contributed by atoms with Crippen LogP contribution in [0.1, 0.15) is 5.69 Å². The van der Waals surface area contributed by atoms with E-state index in [-0.39, 0.29) is 12.7 Å². The molecule has 0 aliphatic heterocycles. The summed E-state index contributed by atoms with van der Waals surface area (Å²) in [5.74, 6) is 1.72. The molecule has 0 radical (unpaired) electrons. The summed E-state index contributed by atoms with van der Waals surface area (Å²) in [7, 11) is 3.22. The number of benzene rings is 2. The first-order valence-electron chi connectivity index (χ1n) is 8.46. The van der Waals surface area contributed by atoms with Gasteiger partial charge in [0.05, 0.1) is 25.5 Å². The quantitative estimate of drug-likeness (QED) is 0.457. The Morgan fingerprint density at radius 2 is 1.82 bits per heavy atom. The molecule has 28 heavy (non-hydrogen) atoms. The molecule has 7 nitrogen and oxygen atoms in total. The molecule has 0 saturated carbocycles. The van der Waals surface area contributed by atoms with Gasteiger partial charge in [0.1, 0.15) is 11.6 Å². The molecule has 0 aliphatic rings. The fourth-order valence-corrected chi connectivity index (χ4v) is 3.48. The second-order valence-electron chi connectivity index (χ2n) is 5.71. The van der Waals surface area contributed by atoms with Gasteiger partial charge < -0.3 is 18.6 Å². The molecule has 142 valence electrons. The Kier molecular flexibility index (Phi) is 5.20. The van der Waals surface area contributed by atoms with E-state index >= 15 is 0 Å². The highest BCUT2D eigenvalue weighted by Crippen LogP contribution is 2.39. The molecular weight excluding hydrogens is 378 g/mol. The number of thiazole rings is 1. The van der Waals surface area contributed by atoms with Crippen molar-refractivity contribution in [3.8, 4) is 39.6 Å². The maximum absolute atomic E-state index is 5.59. The number of hydrogen-bond donors (Lipinski definition) is 0. The Morgan fingerprint density at radius 1 is 0.964 bits per heavy atom. The summed E-state index contributed by atoms with van der Waals surface area (Å²) in [6, 6.07) is 15.2. The Labute approximate surface area is 165 Å². The molecule has 0 unspecified atom stereocenters. The zero-order valence-electron chi connectivity index (χ0n) is 15.3. The van der Waals surface area contributed by atoms with Gasteiger partial charge >= 0.3 is 6.08 Å². The molecule has 4 aromatic rings. The second-order valence-corrected chi connectivity index (χ2v) is 6.57. The molecule has 4 rings (SSSR count). The molecule has 8 heteroatoms. The summed E-state index contributed by atoms with van der Waals surface area (Å²) in [5, 5.41) is 10.7. The minimum atomic E-state index is 0.104. The predicted molar refractivity (Wildman–Crippen MR) is 105 cm³/mol. The molecule has 2 heterocycles. The van der Waals surface area contributed by atoms with Crippen molar-refractivity contribution in [3.63, 3.8) is 0 Å². The van der Waals surface area contributed by atoms with Crippen LogP contribution in [0.15, 0.2) is 58.3 Å². The lowest BCUT2D eigenvalue weighted by Crippen LogP contribution is -1.96. The number of rotatable bonds is 7. The van der Waals surface area contributed by atoms with E-state index in [1.807, 2.05) is 53.9 Å². The van der Waals surface area contributed by atoms with Gasteiger partial charge in [-0.15, -0.1) is 16.4 Å². The fourth-order valence-electron chi connectivity index (χ4n) is 2.65. The molecule has 0 spiro atoms. The first-order valence-corrected chi connectivity index (χ1v) is 9.34. The van der Waals surface area contributed by atoms with Crippen molar-refractivity contribution in [1.29, 1.82) is 0 Å². The van der Waals surface area contributed by atoms with Crippen molar-refractivity contribution in [1.82, 2.24) is 15.2 Å². The number of methoxy groups -OCH3 is 2. The van der Waals surface area contributed by atoms with E-state index in [1.54, 1.807) is 14.2 Å². The van der Waals surface area contributed by atoms with E-state index in [9.17, 15) is 0 Å². The molecule has 2 aromatic carbocycles. The maximum Gasteiger partial charge on any atom is 0.415 e. The Morgan fingerprint density at radius 3 is 2.61 bits per heavy atom. The van der Waals surface area contributed by atoms with E-state index in [2.05, 4.69) is 15.2 Å². The molecule has 0 amide bonds. The lowest BCUT2D eigenvalue weighted by atomic mass is 10.2. The van der Waals surface area contributed by atoms with Crippen molar-refractivity contribution in [2.75, 3.05) is 14.2 Å². The number of hydrogen-bond acceptors (Lipinski definition) is 8. The van der Waals surface area contributed by atoms with Crippen LogP contribution in [0, 0.1) is 0 Å². The van der Waals surface area contributed by atoms with E-state index in [4.69, 9.17) is 18.6 Å². The van der Waals surface area contributed by atoms with Gasteiger partial charge in [0.15, 0.2) is 11.5 Å². The van der Waals surface area contributed by atoms with Gasteiger partial charge in [0, 0.05) is 10.9 Å². The average Bonchev–Trinajstić information content (AvgIpc) is 3.42. The van der Waals surface area contributed by atoms with Gasteiger partial charge in [0.2, 0.25) is 0 Å². The van der Waals surface area contributed by atoms with E-state index in [0.717, 1.165) is 21.8 Å². The van der Waals surface area contributed by atoms with Crippen LogP contribution < -0.4 is 14.2 Å². The lowest BCUT2D eigenvalue weighted by molar-refractivity contribution is 0.219. The van der Waals surface area contributed by atoms with Gasteiger partial charge in [-0.2, -0.15) is 0 Å². The number of ether oxygens (including phenoxy) is 3. The standard InChI is InChI=1S/C20H17N3O4S/c1-24-16-10-6-9-15(17(16)25-2)19-21-14(12-28-19)11-26-20-23-22-18(27-20)13-7-4-3-5-8-13/h3-10,12H,11H2,1-2H3. The Bertz CT molecular complexity index is 1060. The zero-order valence-corrected chi connectivity index (χ0v) is 16.1. The van der Waals surface area contributed by atoms with Crippen molar-refractivity contribution in [3.05, 3.63) is 59.6 Å². The summed E-state index contributed by atoms with van der Waals surface area (Å²) in [6.45, 7) is 0.221. The monoisotopic (exact) mass is 395 g/mol. The largest absolute Gasteiger partial charge is 0.493 e. The van der Waals surface area contributed by atoms with Crippen LogP contribution in [-0.2, 0) is 6.61 Å². The minimum absolute atomic E-state index is 0.104. The summed E-state index contributed by atoms with van der Waals surface area (Å²) >= 11 is 1.50. The molecule has 0 N–H and O–H groups in total. The average molecular weight is 395 g/mol. The van der Waals surface area contributed by atoms with Crippen LogP contribution in [0.2, 0.25) is 0 Å². The van der Waals surface area contributed by atoms with Gasteiger partial charge in [-0.3, -0.25) is 0 Å². The van der Waals surface area contributed by atoms with Gasteiger partial charge in [0.25, 0.3) is 5.89 Å². The van der Waals surface area contributed by atoms with Crippen LogP contribution in [0.25, 0.3) is 22.0 Å². The van der Waals surface area contributed by atoms with Gasteiger partial charge in [-0.1, -0.05) is 29.4 Å². The number of para-hydroxylation sites is 1. The topological polar surface area (TPSA) is 79.5 Å². The summed E-state index contributed by atoms with van der Waals surface area (Å²) in [6.07, 6.45) is 0.104. The third-order valence-electron chi connectivity index (χ3n) is 3.96. The summed E-state index contributed by atoms with van der Waals surface area (Å²) in [5.41, 5.74) is 2.46. The van der Waals surface area contributed by atoms with Crippen molar-refractivity contribution >= 4 is 11.3 Å². The van der Waals surface area contributed by atoms with Gasteiger partial charge in [-0.25, -0.2) is 4.98 Å². The third-order valence-corrected chi connectivity index (χ3v) is 4.88.